The SMILES string of the molecule is CC(C)NC(=O)OCc1c(COC(=O)NC(C)C)c(-c2ccc(F)cc2)n2c1SCC2. The molecule has 0 unspecified atom stereocenters. The number of alkyl carbamates (subject to hydrolysis) is 2. The predicted molar refractivity (Wildman–Crippen MR) is 117 cm³/mol. The summed E-state index contributed by atoms with van der Waals surface area (Å²) < 4.78 is 26.6. The van der Waals surface area contributed by atoms with E-state index in [-0.39, 0.29) is 31.1 Å². The van der Waals surface area contributed by atoms with Crippen molar-refractivity contribution in [1.29, 1.82) is 0 Å². The zero-order valence-corrected chi connectivity index (χ0v) is 19.0. The van der Waals surface area contributed by atoms with Crippen LogP contribution in [0.5, 0.6) is 0 Å². The first-order valence-corrected chi connectivity index (χ1v) is 11.2. The van der Waals surface area contributed by atoms with Crippen LogP contribution < -0.4 is 10.6 Å². The van der Waals surface area contributed by atoms with Gasteiger partial charge in [-0.3, -0.25) is 0 Å². The molecule has 2 heterocycles. The van der Waals surface area contributed by atoms with Gasteiger partial charge in [0.05, 0.1) is 10.7 Å². The van der Waals surface area contributed by atoms with Crippen molar-refractivity contribution in [3.05, 3.63) is 41.2 Å². The van der Waals surface area contributed by atoms with Gasteiger partial charge in [0.15, 0.2) is 0 Å². The number of aromatic nitrogens is 1. The first-order chi connectivity index (χ1) is 14.8. The minimum Gasteiger partial charge on any atom is -0.445 e. The summed E-state index contributed by atoms with van der Waals surface area (Å²) >= 11 is 1.66. The maximum absolute atomic E-state index is 13.5. The third kappa shape index (κ3) is 5.72. The van der Waals surface area contributed by atoms with E-state index in [4.69, 9.17) is 9.47 Å². The highest BCUT2D eigenvalue weighted by molar-refractivity contribution is 7.99. The van der Waals surface area contributed by atoms with Crippen molar-refractivity contribution in [3.8, 4) is 11.3 Å². The first-order valence-electron chi connectivity index (χ1n) is 10.3. The average Bonchev–Trinajstić information content (AvgIpc) is 3.25. The monoisotopic (exact) mass is 449 g/mol. The van der Waals surface area contributed by atoms with E-state index < -0.39 is 12.2 Å². The van der Waals surface area contributed by atoms with Crippen LogP contribution >= 0.6 is 11.8 Å². The highest BCUT2D eigenvalue weighted by Crippen LogP contribution is 2.41. The number of amides is 2. The number of carbonyl (C=O) groups excluding carboxylic acids is 2. The summed E-state index contributed by atoms with van der Waals surface area (Å²) in [6, 6.07) is 6.11. The standard InChI is InChI=1S/C22H28FN3O4S/c1-13(2)24-21(27)29-11-17-18(12-30-22(28)25-14(3)4)20-26(9-10-31-20)19(17)15-5-7-16(23)8-6-15/h5-8,13-14H,9-12H2,1-4H3,(H,24,27)(H,25,28). The highest BCUT2D eigenvalue weighted by Gasteiger charge is 2.29. The lowest BCUT2D eigenvalue weighted by Gasteiger charge is -2.14. The lowest BCUT2D eigenvalue weighted by molar-refractivity contribution is 0.129. The van der Waals surface area contributed by atoms with Gasteiger partial charge in [0.1, 0.15) is 19.0 Å². The molecule has 2 aromatic rings. The fourth-order valence-electron chi connectivity index (χ4n) is 3.38. The summed E-state index contributed by atoms with van der Waals surface area (Å²) in [6.07, 6.45) is -1.03. The number of benzene rings is 1. The summed E-state index contributed by atoms with van der Waals surface area (Å²) in [5.74, 6) is 0.554. The number of carbonyl (C=O) groups is 2. The Morgan fingerprint density at radius 2 is 1.55 bits per heavy atom. The number of ether oxygens (including phenoxy) is 2. The number of halogens is 1. The molecule has 0 bridgehead atoms. The second-order valence-corrected chi connectivity index (χ2v) is 8.95. The van der Waals surface area contributed by atoms with E-state index in [1.54, 1.807) is 23.9 Å². The molecule has 0 saturated heterocycles. The molecule has 31 heavy (non-hydrogen) atoms. The largest absolute Gasteiger partial charge is 0.445 e. The van der Waals surface area contributed by atoms with Crippen LogP contribution in [0.25, 0.3) is 11.3 Å². The number of hydrogen-bond acceptors (Lipinski definition) is 5. The molecular formula is C22H28FN3O4S. The molecule has 0 radical (unpaired) electrons. The topological polar surface area (TPSA) is 81.6 Å². The van der Waals surface area contributed by atoms with Crippen molar-refractivity contribution in [3.63, 3.8) is 0 Å². The van der Waals surface area contributed by atoms with E-state index in [1.807, 2.05) is 27.7 Å². The molecule has 168 valence electrons. The van der Waals surface area contributed by atoms with Crippen molar-refractivity contribution in [2.45, 2.75) is 64.6 Å². The Hall–Kier alpha value is -2.68. The van der Waals surface area contributed by atoms with Crippen molar-refractivity contribution in [2.75, 3.05) is 5.75 Å². The molecule has 0 saturated carbocycles. The molecular weight excluding hydrogens is 421 g/mol. The molecule has 2 amide bonds. The predicted octanol–water partition coefficient (Wildman–Crippen LogP) is 4.67. The van der Waals surface area contributed by atoms with E-state index in [2.05, 4.69) is 15.2 Å². The summed E-state index contributed by atoms with van der Waals surface area (Å²) in [5, 5.41) is 6.38. The van der Waals surface area contributed by atoms with Gasteiger partial charge >= 0.3 is 12.2 Å². The summed E-state index contributed by atoms with van der Waals surface area (Å²) in [7, 11) is 0. The van der Waals surface area contributed by atoms with Gasteiger partial charge in [-0.25, -0.2) is 14.0 Å². The number of hydrogen-bond donors (Lipinski definition) is 2. The maximum atomic E-state index is 13.5. The highest BCUT2D eigenvalue weighted by atomic mass is 32.2. The Morgan fingerprint density at radius 1 is 1.00 bits per heavy atom. The number of nitrogens with zero attached hydrogens (tertiary/aromatic N) is 1. The molecule has 0 fully saturated rings. The molecule has 3 rings (SSSR count). The number of fused-ring (bicyclic) bond motifs is 1. The van der Waals surface area contributed by atoms with Gasteiger partial charge in [-0.2, -0.15) is 0 Å². The molecule has 2 N–H and O–H groups in total. The van der Waals surface area contributed by atoms with Gasteiger partial charge in [-0.05, 0) is 57.5 Å². The lowest BCUT2D eigenvalue weighted by Crippen LogP contribution is -2.31. The number of thioether (sulfide) groups is 1. The third-order valence-corrected chi connectivity index (χ3v) is 5.73. The van der Waals surface area contributed by atoms with E-state index in [1.165, 1.54) is 12.1 Å². The van der Waals surface area contributed by atoms with Crippen LogP contribution in [0.2, 0.25) is 0 Å². The van der Waals surface area contributed by atoms with Crippen molar-refractivity contribution < 1.29 is 23.5 Å². The minimum atomic E-state index is -0.525. The fraction of sp³-hybridized carbons (Fsp3) is 0.455. The van der Waals surface area contributed by atoms with Crippen LogP contribution in [0.15, 0.2) is 29.3 Å². The summed E-state index contributed by atoms with van der Waals surface area (Å²) in [5.41, 5.74) is 3.22. The normalized spacial score (nSPS) is 12.7. The Morgan fingerprint density at radius 3 is 2.10 bits per heavy atom. The van der Waals surface area contributed by atoms with E-state index in [9.17, 15) is 14.0 Å². The van der Waals surface area contributed by atoms with Crippen LogP contribution in [0.1, 0.15) is 38.8 Å². The third-order valence-electron chi connectivity index (χ3n) is 4.60. The Kier molecular flexibility index (Phi) is 7.48. The van der Waals surface area contributed by atoms with Gasteiger partial charge in [-0.1, -0.05) is 0 Å². The second kappa shape index (κ2) is 10.1. The van der Waals surface area contributed by atoms with Gasteiger partial charge < -0.3 is 24.7 Å². The maximum Gasteiger partial charge on any atom is 0.407 e. The second-order valence-electron chi connectivity index (χ2n) is 7.87. The molecule has 9 heteroatoms. The fourth-order valence-corrected chi connectivity index (χ4v) is 4.55. The molecule has 1 aromatic carbocycles. The van der Waals surface area contributed by atoms with Crippen LogP contribution in [-0.2, 0) is 29.2 Å². The Balaban J connectivity index is 1.95. The average molecular weight is 450 g/mol. The summed E-state index contributed by atoms with van der Waals surface area (Å²) in [4.78, 5) is 24.2. The van der Waals surface area contributed by atoms with E-state index in [0.29, 0.717) is 0 Å². The van der Waals surface area contributed by atoms with Crippen molar-refractivity contribution >= 4 is 23.9 Å². The van der Waals surface area contributed by atoms with Crippen LogP contribution in [0.3, 0.4) is 0 Å². The zero-order valence-electron chi connectivity index (χ0n) is 18.2. The smallest absolute Gasteiger partial charge is 0.407 e. The Labute approximate surface area is 185 Å². The van der Waals surface area contributed by atoms with Gasteiger partial charge in [0.2, 0.25) is 0 Å². The zero-order chi connectivity index (χ0) is 22.5. The Bertz CT molecular complexity index is 941. The van der Waals surface area contributed by atoms with Gasteiger partial charge in [0.25, 0.3) is 0 Å². The first kappa shape index (κ1) is 23.0. The molecule has 7 nitrogen and oxygen atoms in total. The molecule has 1 aromatic heterocycles. The quantitative estimate of drug-likeness (QED) is 0.642. The van der Waals surface area contributed by atoms with Crippen LogP contribution in [0, 0.1) is 5.82 Å². The van der Waals surface area contributed by atoms with E-state index in [0.717, 1.165) is 39.7 Å². The van der Waals surface area contributed by atoms with Crippen molar-refractivity contribution in [2.24, 2.45) is 0 Å². The molecule has 0 atom stereocenters. The summed E-state index contributed by atoms with van der Waals surface area (Å²) in [6.45, 7) is 8.22. The molecule has 1 aliphatic rings. The van der Waals surface area contributed by atoms with Crippen LogP contribution in [0.4, 0.5) is 14.0 Å². The van der Waals surface area contributed by atoms with Gasteiger partial charge in [0, 0.05) is 35.5 Å². The minimum absolute atomic E-state index is 0.0102. The molecule has 0 spiro atoms. The lowest BCUT2D eigenvalue weighted by atomic mass is 10.1. The van der Waals surface area contributed by atoms with Crippen molar-refractivity contribution in [1.82, 2.24) is 15.2 Å². The van der Waals surface area contributed by atoms with Crippen LogP contribution in [-0.4, -0.2) is 34.6 Å². The van der Waals surface area contributed by atoms with E-state index >= 15 is 0 Å². The molecule has 1 aliphatic heterocycles. The molecule has 0 aliphatic carbocycles. The van der Waals surface area contributed by atoms with Gasteiger partial charge in [-0.15, -0.1) is 11.8 Å². The number of rotatable bonds is 7. The number of nitrogens with one attached hydrogen (secondary N) is 2.